The van der Waals surface area contributed by atoms with Crippen LogP contribution in [0.2, 0.25) is 10.0 Å². The maximum Gasteiger partial charge on any atom is 0.282 e. The first kappa shape index (κ1) is 20.0. The number of benzene rings is 2. The van der Waals surface area contributed by atoms with Gasteiger partial charge in [0.05, 0.1) is 21.3 Å². The molecule has 29 heavy (non-hydrogen) atoms. The molecular formula is C23H22Cl2N2O2. The fourth-order valence-electron chi connectivity index (χ4n) is 4.15. The number of carbonyl (C=O) groups is 2. The molecule has 0 atom stereocenters. The number of hydrogen-bond donors (Lipinski definition) is 0. The molecule has 150 valence electrons. The lowest BCUT2D eigenvalue weighted by molar-refractivity contribution is -0.120. The standard InChI is InChI=1S/C23H22Cl2N2O2/c1-14-9-10-16(15(2)13-14)19-21(26-11-4-3-5-12-26)23(29)27(22(19)28)18-8-6-7-17(24)20(18)25/h6-10,13H,3-5,11-12H2,1-2H3. The summed E-state index contributed by atoms with van der Waals surface area (Å²) in [5.74, 6) is -0.692. The van der Waals surface area contributed by atoms with Gasteiger partial charge in [0.2, 0.25) is 0 Å². The predicted molar refractivity (Wildman–Crippen MR) is 117 cm³/mol. The van der Waals surface area contributed by atoms with Crippen molar-refractivity contribution in [1.29, 1.82) is 0 Å². The van der Waals surface area contributed by atoms with Gasteiger partial charge in [0.15, 0.2) is 0 Å². The van der Waals surface area contributed by atoms with Crippen LogP contribution < -0.4 is 4.90 Å². The monoisotopic (exact) mass is 428 g/mol. The van der Waals surface area contributed by atoms with E-state index in [1.54, 1.807) is 18.2 Å². The van der Waals surface area contributed by atoms with Gasteiger partial charge in [0.1, 0.15) is 5.70 Å². The number of rotatable bonds is 3. The Labute approximate surface area is 180 Å². The predicted octanol–water partition coefficient (Wildman–Crippen LogP) is 5.38. The number of amides is 2. The van der Waals surface area contributed by atoms with Gasteiger partial charge in [-0.2, -0.15) is 0 Å². The third kappa shape index (κ3) is 3.45. The Morgan fingerprint density at radius 2 is 1.62 bits per heavy atom. The first-order valence-corrected chi connectivity index (χ1v) is 10.6. The normalized spacial score (nSPS) is 17.5. The lowest BCUT2D eigenvalue weighted by Gasteiger charge is -2.29. The minimum Gasteiger partial charge on any atom is -0.366 e. The Bertz CT molecular complexity index is 1040. The second-order valence-corrected chi connectivity index (χ2v) is 8.39. The molecule has 2 aliphatic rings. The lowest BCUT2D eigenvalue weighted by atomic mass is 9.97. The van der Waals surface area contributed by atoms with Crippen molar-refractivity contribution >= 4 is 46.3 Å². The van der Waals surface area contributed by atoms with Crippen LogP contribution in [0.1, 0.15) is 36.0 Å². The summed E-state index contributed by atoms with van der Waals surface area (Å²) < 4.78 is 0. The van der Waals surface area contributed by atoms with E-state index in [1.807, 2.05) is 32.0 Å². The van der Waals surface area contributed by atoms with Crippen LogP contribution in [0.4, 0.5) is 5.69 Å². The van der Waals surface area contributed by atoms with Crippen LogP contribution in [-0.4, -0.2) is 29.8 Å². The van der Waals surface area contributed by atoms with Gasteiger partial charge in [-0.05, 0) is 56.4 Å². The van der Waals surface area contributed by atoms with Crippen LogP contribution in [-0.2, 0) is 9.59 Å². The van der Waals surface area contributed by atoms with Crippen molar-refractivity contribution in [3.05, 3.63) is 68.8 Å². The van der Waals surface area contributed by atoms with E-state index in [0.29, 0.717) is 22.0 Å². The molecule has 1 fully saturated rings. The summed E-state index contributed by atoms with van der Waals surface area (Å²) in [6.07, 6.45) is 3.14. The van der Waals surface area contributed by atoms with Gasteiger partial charge in [-0.15, -0.1) is 0 Å². The van der Waals surface area contributed by atoms with Crippen LogP contribution in [0.3, 0.4) is 0 Å². The SMILES string of the molecule is Cc1ccc(C2=C(N3CCCCC3)C(=O)N(c3cccc(Cl)c3Cl)C2=O)c(C)c1. The molecule has 2 aromatic rings. The largest absolute Gasteiger partial charge is 0.366 e. The highest BCUT2D eigenvalue weighted by Gasteiger charge is 2.43. The fraction of sp³-hybridized carbons (Fsp3) is 0.304. The average Bonchev–Trinajstić information content (AvgIpc) is 2.95. The van der Waals surface area contributed by atoms with Crippen LogP contribution in [0.25, 0.3) is 5.57 Å². The van der Waals surface area contributed by atoms with Crippen molar-refractivity contribution < 1.29 is 9.59 Å². The summed E-state index contributed by atoms with van der Waals surface area (Å²) in [6.45, 7) is 5.51. The van der Waals surface area contributed by atoms with E-state index in [9.17, 15) is 9.59 Å². The topological polar surface area (TPSA) is 40.6 Å². The molecular weight excluding hydrogens is 407 g/mol. The molecule has 2 aromatic carbocycles. The van der Waals surface area contributed by atoms with E-state index in [0.717, 1.165) is 49.0 Å². The quantitative estimate of drug-likeness (QED) is 0.615. The van der Waals surface area contributed by atoms with Crippen molar-refractivity contribution in [3.8, 4) is 0 Å². The molecule has 0 spiro atoms. The molecule has 4 nitrogen and oxygen atoms in total. The molecule has 0 radical (unpaired) electrons. The summed E-state index contributed by atoms with van der Waals surface area (Å²) in [5, 5.41) is 0.514. The number of piperidine rings is 1. The van der Waals surface area contributed by atoms with E-state index in [2.05, 4.69) is 4.90 Å². The zero-order valence-electron chi connectivity index (χ0n) is 16.5. The molecule has 2 amide bonds. The molecule has 2 aliphatic heterocycles. The average molecular weight is 429 g/mol. The Hall–Kier alpha value is -2.30. The van der Waals surface area contributed by atoms with Crippen molar-refractivity contribution in [2.45, 2.75) is 33.1 Å². The van der Waals surface area contributed by atoms with E-state index < -0.39 is 0 Å². The Morgan fingerprint density at radius 3 is 2.31 bits per heavy atom. The fourth-order valence-corrected chi connectivity index (χ4v) is 4.53. The van der Waals surface area contributed by atoms with Gasteiger partial charge in [-0.25, -0.2) is 4.90 Å². The molecule has 6 heteroatoms. The number of likely N-dealkylation sites (tertiary alicyclic amines) is 1. The number of hydrogen-bond acceptors (Lipinski definition) is 3. The van der Waals surface area contributed by atoms with Crippen LogP contribution in [0.15, 0.2) is 42.1 Å². The third-order valence-corrected chi connectivity index (χ3v) is 6.36. The molecule has 2 heterocycles. The molecule has 0 N–H and O–H groups in total. The third-order valence-electron chi connectivity index (χ3n) is 5.56. The van der Waals surface area contributed by atoms with E-state index >= 15 is 0 Å². The summed E-state index contributed by atoms with van der Waals surface area (Å²) in [7, 11) is 0. The van der Waals surface area contributed by atoms with E-state index in [4.69, 9.17) is 23.2 Å². The molecule has 1 saturated heterocycles. The van der Waals surface area contributed by atoms with Gasteiger partial charge in [0, 0.05) is 13.1 Å². The van der Waals surface area contributed by atoms with Gasteiger partial charge < -0.3 is 4.90 Å². The lowest BCUT2D eigenvalue weighted by Crippen LogP contribution is -2.37. The first-order valence-electron chi connectivity index (χ1n) is 9.80. The summed E-state index contributed by atoms with van der Waals surface area (Å²) in [6, 6.07) is 10.9. The number of aryl methyl sites for hydroxylation is 2. The minimum atomic E-state index is -0.355. The van der Waals surface area contributed by atoms with E-state index in [1.165, 1.54) is 4.90 Å². The summed E-state index contributed by atoms with van der Waals surface area (Å²) in [4.78, 5) is 30.4. The molecule has 0 saturated carbocycles. The highest BCUT2D eigenvalue weighted by Crippen LogP contribution is 2.41. The number of carbonyl (C=O) groups excluding carboxylic acids is 2. The Balaban J connectivity index is 1.89. The van der Waals surface area contributed by atoms with Gasteiger partial charge in [-0.3, -0.25) is 9.59 Å². The molecule has 0 unspecified atom stereocenters. The van der Waals surface area contributed by atoms with Gasteiger partial charge in [0.25, 0.3) is 11.8 Å². The van der Waals surface area contributed by atoms with Crippen molar-refractivity contribution in [1.82, 2.24) is 4.90 Å². The molecule has 0 aromatic heterocycles. The smallest absolute Gasteiger partial charge is 0.282 e. The first-order chi connectivity index (χ1) is 13.9. The minimum absolute atomic E-state index is 0.204. The molecule has 0 aliphatic carbocycles. The highest BCUT2D eigenvalue weighted by atomic mass is 35.5. The zero-order valence-corrected chi connectivity index (χ0v) is 18.0. The number of imide groups is 1. The van der Waals surface area contributed by atoms with Crippen molar-refractivity contribution in [3.63, 3.8) is 0 Å². The molecule has 0 bridgehead atoms. The van der Waals surface area contributed by atoms with Crippen LogP contribution in [0.5, 0.6) is 0 Å². The highest BCUT2D eigenvalue weighted by molar-refractivity contribution is 6.49. The number of anilines is 1. The van der Waals surface area contributed by atoms with Crippen LogP contribution in [0, 0.1) is 13.8 Å². The maximum atomic E-state index is 13.6. The van der Waals surface area contributed by atoms with Crippen molar-refractivity contribution in [2.24, 2.45) is 0 Å². The second-order valence-electron chi connectivity index (χ2n) is 7.61. The van der Waals surface area contributed by atoms with Crippen molar-refractivity contribution in [2.75, 3.05) is 18.0 Å². The Morgan fingerprint density at radius 1 is 0.897 bits per heavy atom. The van der Waals surface area contributed by atoms with Crippen LogP contribution >= 0.6 is 23.2 Å². The van der Waals surface area contributed by atoms with Gasteiger partial charge >= 0.3 is 0 Å². The zero-order chi connectivity index (χ0) is 20.7. The second kappa shape index (κ2) is 7.85. The number of nitrogens with zero attached hydrogens (tertiary/aromatic N) is 2. The summed E-state index contributed by atoms with van der Waals surface area (Å²) >= 11 is 12.5. The summed E-state index contributed by atoms with van der Waals surface area (Å²) in [5.41, 5.74) is 4.11. The number of halogens is 2. The molecule has 4 rings (SSSR count). The maximum absolute atomic E-state index is 13.6. The van der Waals surface area contributed by atoms with E-state index in [-0.39, 0.29) is 16.8 Å². The Kier molecular flexibility index (Phi) is 5.41. The van der Waals surface area contributed by atoms with Gasteiger partial charge in [-0.1, -0.05) is 53.0 Å².